The summed E-state index contributed by atoms with van der Waals surface area (Å²) < 4.78 is 5.72. The van der Waals surface area contributed by atoms with Crippen molar-refractivity contribution in [2.75, 3.05) is 20.7 Å². The zero-order chi connectivity index (χ0) is 11.5. The average Bonchev–Trinajstić information content (AvgIpc) is 2.14. The van der Waals surface area contributed by atoms with E-state index in [9.17, 15) is 0 Å². The summed E-state index contributed by atoms with van der Waals surface area (Å²) in [5.74, 6) is 0.743. The quantitative estimate of drug-likeness (QED) is 0.590. The molecule has 1 saturated carbocycles. The summed E-state index contributed by atoms with van der Waals surface area (Å²) in [5, 5.41) is 0. The van der Waals surface area contributed by atoms with Gasteiger partial charge in [0.25, 0.3) is 0 Å². The molecule has 1 aliphatic carbocycles. The van der Waals surface area contributed by atoms with Gasteiger partial charge in [-0.05, 0) is 59.5 Å². The Morgan fingerprint density at radius 1 is 1.20 bits per heavy atom. The van der Waals surface area contributed by atoms with Crippen LogP contribution in [0, 0.1) is 5.92 Å². The van der Waals surface area contributed by atoms with Crippen molar-refractivity contribution < 1.29 is 4.74 Å². The maximum absolute atomic E-state index is 5.72. The maximum atomic E-state index is 5.72. The highest BCUT2D eigenvalue weighted by molar-refractivity contribution is 7.81. The van der Waals surface area contributed by atoms with Crippen LogP contribution in [-0.2, 0) is 4.74 Å². The Kier molecular flexibility index (Phi) is 4.94. The lowest BCUT2D eigenvalue weighted by Crippen LogP contribution is -2.33. The standard InChI is InChI=1S/C12H25NOS/c1-12(2,15)14-9-10-5-7-11(8-6-10)13(3)4/h10-11,15H,5-9H2,1-4H3. The average molecular weight is 231 g/mol. The van der Waals surface area contributed by atoms with E-state index in [2.05, 4.69) is 31.6 Å². The summed E-state index contributed by atoms with van der Waals surface area (Å²) >= 11 is 4.37. The van der Waals surface area contributed by atoms with Crippen LogP contribution in [0.3, 0.4) is 0 Å². The topological polar surface area (TPSA) is 12.5 Å². The minimum absolute atomic E-state index is 0.279. The Balaban J connectivity index is 2.20. The Labute approximate surface area is 99.8 Å². The molecule has 0 aromatic heterocycles. The van der Waals surface area contributed by atoms with Crippen LogP contribution in [0.25, 0.3) is 0 Å². The molecule has 0 heterocycles. The van der Waals surface area contributed by atoms with Crippen LogP contribution >= 0.6 is 12.6 Å². The molecule has 0 atom stereocenters. The molecule has 0 N–H and O–H groups in total. The van der Waals surface area contributed by atoms with E-state index in [4.69, 9.17) is 4.74 Å². The van der Waals surface area contributed by atoms with Gasteiger partial charge in [0.05, 0.1) is 6.61 Å². The molecule has 15 heavy (non-hydrogen) atoms. The zero-order valence-electron chi connectivity index (χ0n) is 10.5. The lowest BCUT2D eigenvalue weighted by molar-refractivity contribution is 0.0149. The number of rotatable bonds is 4. The summed E-state index contributed by atoms with van der Waals surface area (Å²) in [6, 6.07) is 0.783. The highest BCUT2D eigenvalue weighted by atomic mass is 32.1. The molecule has 0 aromatic carbocycles. The van der Waals surface area contributed by atoms with E-state index in [1.807, 2.05) is 13.8 Å². The van der Waals surface area contributed by atoms with Crippen LogP contribution in [0.5, 0.6) is 0 Å². The van der Waals surface area contributed by atoms with Crippen molar-refractivity contribution in [3.8, 4) is 0 Å². The molecule has 1 rings (SSSR count). The van der Waals surface area contributed by atoms with Gasteiger partial charge in [-0.2, -0.15) is 0 Å². The van der Waals surface area contributed by atoms with Crippen LogP contribution in [-0.4, -0.2) is 36.6 Å². The number of ether oxygens (including phenoxy) is 1. The lowest BCUT2D eigenvalue weighted by atomic mass is 9.86. The molecule has 3 heteroatoms. The number of nitrogens with zero attached hydrogens (tertiary/aromatic N) is 1. The van der Waals surface area contributed by atoms with Gasteiger partial charge in [0.2, 0.25) is 0 Å². The van der Waals surface area contributed by atoms with Crippen LogP contribution in [0.2, 0.25) is 0 Å². The predicted octanol–water partition coefficient (Wildman–Crippen LogP) is 2.79. The molecule has 0 unspecified atom stereocenters. The fraction of sp³-hybridized carbons (Fsp3) is 1.00. The lowest BCUT2D eigenvalue weighted by Gasteiger charge is -2.33. The highest BCUT2D eigenvalue weighted by Crippen LogP contribution is 2.28. The Morgan fingerprint density at radius 3 is 2.13 bits per heavy atom. The van der Waals surface area contributed by atoms with Crippen molar-refractivity contribution >= 4 is 12.6 Å². The fourth-order valence-corrected chi connectivity index (χ4v) is 2.22. The van der Waals surface area contributed by atoms with Crippen LogP contribution in [0.4, 0.5) is 0 Å². The number of hydrogen-bond acceptors (Lipinski definition) is 3. The Hall–Kier alpha value is 0.270. The van der Waals surface area contributed by atoms with Crippen molar-refractivity contribution in [2.24, 2.45) is 5.92 Å². The molecule has 2 nitrogen and oxygen atoms in total. The van der Waals surface area contributed by atoms with Crippen molar-refractivity contribution in [3.63, 3.8) is 0 Å². The number of thiol groups is 1. The van der Waals surface area contributed by atoms with Crippen molar-refractivity contribution in [1.82, 2.24) is 4.90 Å². The molecule has 0 saturated heterocycles. The molecule has 0 spiro atoms. The van der Waals surface area contributed by atoms with Crippen molar-refractivity contribution in [3.05, 3.63) is 0 Å². The van der Waals surface area contributed by atoms with Gasteiger partial charge in [-0.3, -0.25) is 0 Å². The molecule has 1 aliphatic rings. The molecule has 0 bridgehead atoms. The van der Waals surface area contributed by atoms with E-state index in [-0.39, 0.29) is 4.93 Å². The molecular weight excluding hydrogens is 206 g/mol. The first-order valence-corrected chi connectivity index (χ1v) is 6.36. The molecule has 1 fully saturated rings. The maximum Gasteiger partial charge on any atom is 0.105 e. The minimum Gasteiger partial charge on any atom is -0.365 e. The first-order chi connectivity index (χ1) is 6.88. The number of hydrogen-bond donors (Lipinski definition) is 1. The van der Waals surface area contributed by atoms with Gasteiger partial charge in [-0.25, -0.2) is 0 Å². The third-order valence-corrected chi connectivity index (χ3v) is 3.35. The third kappa shape index (κ3) is 5.23. The van der Waals surface area contributed by atoms with Crippen LogP contribution < -0.4 is 0 Å². The van der Waals surface area contributed by atoms with Gasteiger partial charge in [0, 0.05) is 6.04 Å². The summed E-state index contributed by atoms with van der Waals surface area (Å²) in [6.07, 6.45) is 5.22. The molecule has 90 valence electrons. The predicted molar refractivity (Wildman–Crippen MR) is 68.5 cm³/mol. The second-order valence-electron chi connectivity index (χ2n) is 5.40. The largest absolute Gasteiger partial charge is 0.365 e. The minimum atomic E-state index is -0.279. The van der Waals surface area contributed by atoms with Gasteiger partial charge < -0.3 is 9.64 Å². The van der Waals surface area contributed by atoms with Gasteiger partial charge in [0.15, 0.2) is 0 Å². The fourth-order valence-electron chi connectivity index (χ4n) is 2.15. The zero-order valence-corrected chi connectivity index (χ0v) is 11.4. The van der Waals surface area contributed by atoms with E-state index >= 15 is 0 Å². The van der Waals surface area contributed by atoms with Gasteiger partial charge >= 0.3 is 0 Å². The smallest absolute Gasteiger partial charge is 0.105 e. The summed E-state index contributed by atoms with van der Waals surface area (Å²) in [5.41, 5.74) is 0. The summed E-state index contributed by atoms with van der Waals surface area (Å²) in [4.78, 5) is 2.07. The van der Waals surface area contributed by atoms with Crippen molar-refractivity contribution in [2.45, 2.75) is 50.5 Å². The summed E-state index contributed by atoms with van der Waals surface area (Å²) in [6.45, 7) is 4.87. The Bertz CT molecular complexity index is 181. The first-order valence-electron chi connectivity index (χ1n) is 5.91. The van der Waals surface area contributed by atoms with Crippen LogP contribution in [0.15, 0.2) is 0 Å². The van der Waals surface area contributed by atoms with Gasteiger partial charge in [0.1, 0.15) is 4.93 Å². The summed E-state index contributed by atoms with van der Waals surface area (Å²) in [7, 11) is 4.36. The monoisotopic (exact) mass is 231 g/mol. The molecule has 0 aromatic rings. The van der Waals surface area contributed by atoms with E-state index in [0.717, 1.165) is 18.6 Å². The molecule has 0 aliphatic heterocycles. The van der Waals surface area contributed by atoms with E-state index < -0.39 is 0 Å². The second kappa shape index (κ2) is 5.55. The molecule has 0 amide bonds. The van der Waals surface area contributed by atoms with Gasteiger partial charge in [-0.1, -0.05) is 0 Å². The second-order valence-corrected chi connectivity index (χ2v) is 6.47. The van der Waals surface area contributed by atoms with E-state index in [0.29, 0.717) is 0 Å². The van der Waals surface area contributed by atoms with E-state index in [1.165, 1.54) is 25.7 Å². The van der Waals surface area contributed by atoms with Crippen molar-refractivity contribution in [1.29, 1.82) is 0 Å². The highest BCUT2D eigenvalue weighted by Gasteiger charge is 2.24. The third-order valence-electron chi connectivity index (χ3n) is 3.22. The first kappa shape index (κ1) is 13.3. The Morgan fingerprint density at radius 2 is 1.73 bits per heavy atom. The van der Waals surface area contributed by atoms with Crippen LogP contribution in [0.1, 0.15) is 39.5 Å². The normalized spacial score (nSPS) is 28.4. The van der Waals surface area contributed by atoms with E-state index in [1.54, 1.807) is 0 Å². The molecular formula is C12H25NOS. The van der Waals surface area contributed by atoms with Gasteiger partial charge in [-0.15, -0.1) is 12.6 Å². The molecule has 0 radical (unpaired) electrons. The SMILES string of the molecule is CN(C)C1CCC(COC(C)(C)S)CC1.